The predicted octanol–water partition coefficient (Wildman–Crippen LogP) is 13.1. The Kier molecular flexibility index (Phi) is 41.1. The SMILES string of the molecule is CCCCCC=CCC=CCC=CCC=CCC=CCCC(=O)OC[C@H](COP(=O)(O)OCCN)OC(=O)CCCCCCCCCC=CCCCCCCCC. The molecule has 3 N–H and O–H groups in total. The van der Waals surface area contributed by atoms with Crippen LogP contribution in [0.15, 0.2) is 72.9 Å². The van der Waals surface area contributed by atoms with Crippen LogP contribution in [0.3, 0.4) is 0 Å². The fraction of sp³-hybridized carbons (Fsp3) is 0.702. The summed E-state index contributed by atoms with van der Waals surface area (Å²) in [5, 5.41) is 0. The van der Waals surface area contributed by atoms with Gasteiger partial charge in [-0.3, -0.25) is 18.6 Å². The molecule has 0 amide bonds. The van der Waals surface area contributed by atoms with E-state index in [1.54, 1.807) is 0 Å². The van der Waals surface area contributed by atoms with Gasteiger partial charge in [-0.1, -0.05) is 164 Å². The molecule has 0 bridgehead atoms. The molecular formula is C47H82NO8P. The van der Waals surface area contributed by atoms with Crippen molar-refractivity contribution in [2.45, 2.75) is 187 Å². The minimum absolute atomic E-state index is 0.0403. The first-order chi connectivity index (χ1) is 27.8. The fourth-order valence-electron chi connectivity index (χ4n) is 5.73. The summed E-state index contributed by atoms with van der Waals surface area (Å²) in [5.74, 6) is -0.933. The van der Waals surface area contributed by atoms with E-state index in [0.29, 0.717) is 12.8 Å². The number of allylic oxidation sites excluding steroid dienone is 12. The van der Waals surface area contributed by atoms with Gasteiger partial charge in [0.15, 0.2) is 6.10 Å². The summed E-state index contributed by atoms with van der Waals surface area (Å²) in [7, 11) is -4.40. The van der Waals surface area contributed by atoms with Gasteiger partial charge in [-0.2, -0.15) is 0 Å². The smallest absolute Gasteiger partial charge is 0.462 e. The van der Waals surface area contributed by atoms with Crippen molar-refractivity contribution in [3.63, 3.8) is 0 Å². The summed E-state index contributed by atoms with van der Waals surface area (Å²) in [5.41, 5.74) is 5.34. The predicted molar refractivity (Wildman–Crippen MR) is 238 cm³/mol. The summed E-state index contributed by atoms with van der Waals surface area (Å²) < 4.78 is 32.7. The lowest BCUT2D eigenvalue weighted by molar-refractivity contribution is -0.161. The number of carbonyl (C=O) groups is 2. The molecule has 0 radical (unpaired) electrons. The second-order valence-electron chi connectivity index (χ2n) is 14.6. The number of hydrogen-bond acceptors (Lipinski definition) is 8. The second-order valence-corrected chi connectivity index (χ2v) is 16.0. The van der Waals surface area contributed by atoms with Gasteiger partial charge in [-0.05, 0) is 77.0 Å². The maximum Gasteiger partial charge on any atom is 0.472 e. The number of esters is 2. The molecule has 2 atom stereocenters. The molecule has 57 heavy (non-hydrogen) atoms. The zero-order chi connectivity index (χ0) is 41.8. The molecule has 0 aliphatic rings. The Labute approximate surface area is 348 Å². The van der Waals surface area contributed by atoms with Crippen molar-refractivity contribution < 1.29 is 37.6 Å². The first-order valence-corrected chi connectivity index (χ1v) is 23.9. The molecule has 0 saturated carbocycles. The number of ether oxygens (including phenoxy) is 2. The van der Waals surface area contributed by atoms with E-state index in [0.717, 1.165) is 51.4 Å². The maximum absolute atomic E-state index is 12.6. The number of unbranched alkanes of at least 4 members (excludes halogenated alkanes) is 16. The van der Waals surface area contributed by atoms with Crippen molar-refractivity contribution in [1.29, 1.82) is 0 Å². The third-order valence-corrected chi connectivity index (χ3v) is 10.1. The van der Waals surface area contributed by atoms with Gasteiger partial charge >= 0.3 is 19.8 Å². The Morgan fingerprint density at radius 1 is 0.526 bits per heavy atom. The van der Waals surface area contributed by atoms with E-state index in [1.165, 1.54) is 89.9 Å². The minimum atomic E-state index is -4.40. The summed E-state index contributed by atoms with van der Waals surface area (Å²) in [6, 6.07) is 0. The van der Waals surface area contributed by atoms with Crippen LogP contribution in [-0.4, -0.2) is 49.3 Å². The molecule has 0 spiro atoms. The first kappa shape index (κ1) is 54.5. The zero-order valence-electron chi connectivity index (χ0n) is 36.0. The van der Waals surface area contributed by atoms with Crippen LogP contribution in [-0.2, 0) is 32.7 Å². The zero-order valence-corrected chi connectivity index (χ0v) is 36.9. The maximum atomic E-state index is 12.6. The lowest BCUT2D eigenvalue weighted by atomic mass is 10.1. The van der Waals surface area contributed by atoms with Crippen LogP contribution in [0.1, 0.15) is 181 Å². The summed E-state index contributed by atoms with van der Waals surface area (Å²) in [6.07, 6.45) is 52.3. The second kappa shape index (κ2) is 43.0. The van der Waals surface area contributed by atoms with Gasteiger partial charge in [0.2, 0.25) is 0 Å². The van der Waals surface area contributed by atoms with Crippen LogP contribution in [0.2, 0.25) is 0 Å². The van der Waals surface area contributed by atoms with Gasteiger partial charge in [0.25, 0.3) is 0 Å². The van der Waals surface area contributed by atoms with E-state index in [9.17, 15) is 19.0 Å². The van der Waals surface area contributed by atoms with E-state index in [4.69, 9.17) is 24.3 Å². The first-order valence-electron chi connectivity index (χ1n) is 22.4. The largest absolute Gasteiger partial charge is 0.472 e. The standard InChI is InChI=1S/C47H82NO8P/c1-3-5-7-9-11-13-15-17-19-21-22-24-25-27-29-31-33-35-37-39-46(49)53-43-45(44-55-57(51,52)54-42-41-48)56-47(50)40-38-36-34-32-30-28-26-23-20-18-16-14-12-10-8-6-4-2/h11,13,17-20,22,24,27,29,33,35,45H,3-10,12,14-16,21,23,25-26,28,30-32,34,36-44,48H2,1-2H3,(H,51,52)/t45-/m1/s1. The topological polar surface area (TPSA) is 134 Å². The highest BCUT2D eigenvalue weighted by atomic mass is 31.2. The molecule has 9 nitrogen and oxygen atoms in total. The molecule has 0 aromatic carbocycles. The van der Waals surface area contributed by atoms with Gasteiger partial charge in [0.1, 0.15) is 6.61 Å². The molecule has 0 heterocycles. The Hall–Kier alpha value is -2.55. The van der Waals surface area contributed by atoms with Crippen LogP contribution in [0.5, 0.6) is 0 Å². The van der Waals surface area contributed by atoms with Crippen molar-refractivity contribution in [3.05, 3.63) is 72.9 Å². The molecule has 328 valence electrons. The average Bonchev–Trinajstić information content (AvgIpc) is 3.20. The highest BCUT2D eigenvalue weighted by molar-refractivity contribution is 7.47. The number of rotatable bonds is 41. The molecule has 0 fully saturated rings. The molecule has 10 heteroatoms. The molecule has 0 aromatic rings. The van der Waals surface area contributed by atoms with Gasteiger partial charge in [0.05, 0.1) is 13.2 Å². The van der Waals surface area contributed by atoms with Crippen LogP contribution < -0.4 is 5.73 Å². The van der Waals surface area contributed by atoms with E-state index >= 15 is 0 Å². The van der Waals surface area contributed by atoms with Crippen molar-refractivity contribution in [1.82, 2.24) is 0 Å². The van der Waals surface area contributed by atoms with Gasteiger partial charge < -0.3 is 20.1 Å². The molecule has 0 aliphatic heterocycles. The lowest BCUT2D eigenvalue weighted by Crippen LogP contribution is -2.29. The van der Waals surface area contributed by atoms with Crippen molar-refractivity contribution >= 4 is 19.8 Å². The lowest BCUT2D eigenvalue weighted by Gasteiger charge is -2.19. The molecule has 0 rings (SSSR count). The number of phosphoric ester groups is 1. The summed E-state index contributed by atoms with van der Waals surface area (Å²) >= 11 is 0. The van der Waals surface area contributed by atoms with E-state index in [2.05, 4.69) is 74.6 Å². The van der Waals surface area contributed by atoms with Crippen molar-refractivity contribution in [2.75, 3.05) is 26.4 Å². The molecule has 0 aliphatic carbocycles. The van der Waals surface area contributed by atoms with E-state index in [-0.39, 0.29) is 32.6 Å². The number of hydrogen-bond donors (Lipinski definition) is 2. The highest BCUT2D eigenvalue weighted by Crippen LogP contribution is 2.43. The quantitative estimate of drug-likeness (QED) is 0.0267. The Bertz CT molecular complexity index is 1160. The number of carbonyl (C=O) groups excluding carboxylic acids is 2. The number of nitrogens with two attached hydrogens (primary N) is 1. The number of phosphoric acid groups is 1. The third-order valence-electron chi connectivity index (χ3n) is 9.08. The Morgan fingerprint density at radius 2 is 0.947 bits per heavy atom. The summed E-state index contributed by atoms with van der Waals surface area (Å²) in [6.45, 7) is 3.60. The van der Waals surface area contributed by atoms with Crippen molar-refractivity contribution in [3.8, 4) is 0 Å². The third kappa shape index (κ3) is 42.9. The van der Waals surface area contributed by atoms with Crippen LogP contribution in [0, 0.1) is 0 Å². The molecule has 0 aromatic heterocycles. The highest BCUT2D eigenvalue weighted by Gasteiger charge is 2.25. The van der Waals surface area contributed by atoms with Gasteiger partial charge in [-0.25, -0.2) is 4.57 Å². The van der Waals surface area contributed by atoms with E-state index in [1.807, 2.05) is 12.2 Å². The fourth-order valence-corrected chi connectivity index (χ4v) is 6.49. The Morgan fingerprint density at radius 3 is 1.47 bits per heavy atom. The van der Waals surface area contributed by atoms with Gasteiger partial charge in [-0.15, -0.1) is 0 Å². The average molecular weight is 820 g/mol. The van der Waals surface area contributed by atoms with Crippen molar-refractivity contribution in [2.24, 2.45) is 5.73 Å². The van der Waals surface area contributed by atoms with E-state index < -0.39 is 32.5 Å². The normalized spacial score (nSPS) is 14.0. The Balaban J connectivity index is 4.28. The van der Waals surface area contributed by atoms with Crippen LogP contribution >= 0.6 is 7.82 Å². The monoisotopic (exact) mass is 820 g/mol. The van der Waals surface area contributed by atoms with Gasteiger partial charge in [0, 0.05) is 19.4 Å². The molecular weight excluding hydrogens is 737 g/mol. The van der Waals surface area contributed by atoms with Crippen LogP contribution in [0.25, 0.3) is 0 Å². The van der Waals surface area contributed by atoms with Crippen LogP contribution in [0.4, 0.5) is 0 Å². The molecule has 0 saturated heterocycles. The summed E-state index contributed by atoms with van der Waals surface area (Å²) in [4.78, 5) is 34.9. The molecule has 1 unspecified atom stereocenters. The minimum Gasteiger partial charge on any atom is -0.462 e.